The molecule has 2 aliphatic carbocycles. The predicted octanol–water partition coefficient (Wildman–Crippen LogP) is 2.85. The maximum Gasteiger partial charge on any atom is 0.124 e. The Morgan fingerprint density at radius 1 is 1.54 bits per heavy atom. The number of hydrogen-bond acceptors (Lipinski definition) is 1. The van der Waals surface area contributed by atoms with Crippen LogP contribution in [-0.2, 0) is 4.79 Å². The minimum Gasteiger partial charge on any atom is -0.303 e. The van der Waals surface area contributed by atoms with E-state index in [1.165, 1.54) is 25.5 Å². The predicted molar refractivity (Wildman–Crippen MR) is 53.1 cm³/mol. The third-order valence-corrected chi connectivity index (χ3v) is 4.46. The molecule has 1 nitrogen and oxygen atoms in total. The van der Waals surface area contributed by atoms with Gasteiger partial charge in [0.25, 0.3) is 0 Å². The Hall–Kier alpha value is -0.330. The molecule has 0 aromatic heterocycles. The van der Waals surface area contributed by atoms with Crippen molar-refractivity contribution in [1.82, 2.24) is 0 Å². The molecule has 2 saturated carbocycles. The van der Waals surface area contributed by atoms with Crippen molar-refractivity contribution in [3.05, 3.63) is 5.92 Å². The molecule has 0 amide bonds. The van der Waals surface area contributed by atoms with Gasteiger partial charge in [-0.2, -0.15) is 0 Å². The zero-order valence-electron chi connectivity index (χ0n) is 8.84. The molecule has 3 atom stereocenters. The van der Waals surface area contributed by atoms with Crippen molar-refractivity contribution in [2.75, 3.05) is 0 Å². The van der Waals surface area contributed by atoms with Crippen LogP contribution < -0.4 is 0 Å². The van der Waals surface area contributed by atoms with Crippen LogP contribution in [0.3, 0.4) is 0 Å². The normalized spacial score (nSPS) is 42.5. The summed E-state index contributed by atoms with van der Waals surface area (Å²) in [6.45, 7) is 6.76. The van der Waals surface area contributed by atoms with E-state index in [4.69, 9.17) is 0 Å². The minimum absolute atomic E-state index is 0.253. The number of aldehydes is 1. The van der Waals surface area contributed by atoms with Gasteiger partial charge in [0.2, 0.25) is 0 Å². The van der Waals surface area contributed by atoms with Crippen LogP contribution >= 0.6 is 0 Å². The highest BCUT2D eigenvalue weighted by molar-refractivity contribution is 5.61. The number of fused-ring (bicyclic) bond motifs is 2. The van der Waals surface area contributed by atoms with Gasteiger partial charge in [-0.3, -0.25) is 0 Å². The van der Waals surface area contributed by atoms with Crippen molar-refractivity contribution in [2.24, 2.45) is 23.2 Å². The number of carbonyl (C=O) groups is 1. The van der Waals surface area contributed by atoms with Crippen LogP contribution in [0.1, 0.15) is 40.0 Å². The van der Waals surface area contributed by atoms with Crippen molar-refractivity contribution in [3.63, 3.8) is 0 Å². The Balaban J connectivity index is 2.23. The van der Waals surface area contributed by atoms with Crippen LogP contribution in [0, 0.1) is 29.1 Å². The van der Waals surface area contributed by atoms with Gasteiger partial charge in [-0.15, -0.1) is 0 Å². The largest absolute Gasteiger partial charge is 0.303 e. The van der Waals surface area contributed by atoms with Gasteiger partial charge in [-0.1, -0.05) is 27.2 Å². The average Bonchev–Trinajstić information content (AvgIpc) is 2.58. The molecule has 2 bridgehead atoms. The zero-order chi connectivity index (χ0) is 9.64. The highest BCUT2D eigenvalue weighted by Gasteiger charge is 2.56. The molecule has 1 radical (unpaired) electrons. The van der Waals surface area contributed by atoms with Gasteiger partial charge < -0.3 is 4.79 Å². The van der Waals surface area contributed by atoms with E-state index in [2.05, 4.69) is 20.8 Å². The van der Waals surface area contributed by atoms with E-state index < -0.39 is 0 Å². The van der Waals surface area contributed by atoms with Crippen molar-refractivity contribution < 1.29 is 4.79 Å². The summed E-state index contributed by atoms with van der Waals surface area (Å²) >= 11 is 0. The molecule has 2 aliphatic rings. The maximum atomic E-state index is 11.1. The lowest BCUT2D eigenvalue weighted by Crippen LogP contribution is -2.34. The molecule has 0 spiro atoms. The Morgan fingerprint density at radius 2 is 2.23 bits per heavy atom. The topological polar surface area (TPSA) is 17.1 Å². The van der Waals surface area contributed by atoms with E-state index in [0.29, 0.717) is 0 Å². The van der Waals surface area contributed by atoms with Gasteiger partial charge in [0, 0.05) is 5.92 Å². The van der Waals surface area contributed by atoms with Crippen LogP contribution in [-0.4, -0.2) is 6.29 Å². The second kappa shape index (κ2) is 2.83. The first-order valence-corrected chi connectivity index (χ1v) is 5.42. The second-order valence-corrected chi connectivity index (χ2v) is 5.25. The van der Waals surface area contributed by atoms with Crippen LogP contribution in [0.4, 0.5) is 0 Å². The van der Waals surface area contributed by atoms with Gasteiger partial charge in [0.1, 0.15) is 6.29 Å². The Morgan fingerprint density at radius 3 is 2.69 bits per heavy atom. The minimum atomic E-state index is 0.253. The summed E-state index contributed by atoms with van der Waals surface area (Å²) in [6, 6.07) is 0. The van der Waals surface area contributed by atoms with Crippen molar-refractivity contribution in [2.45, 2.75) is 40.0 Å². The lowest BCUT2D eigenvalue weighted by molar-refractivity contribution is -0.114. The molecule has 0 aliphatic heterocycles. The standard InChI is InChI=1S/C12H19O/c1-4-8-5-9-6-10(8)11(7-13)12(9,2)3/h7-9,11H,4-6H2,1-3H3. The molecule has 13 heavy (non-hydrogen) atoms. The average molecular weight is 179 g/mol. The van der Waals surface area contributed by atoms with Gasteiger partial charge in [0.05, 0.1) is 0 Å². The molecule has 1 heteroatoms. The molecule has 73 valence electrons. The third kappa shape index (κ3) is 1.09. The highest BCUT2D eigenvalue weighted by atomic mass is 16.1. The van der Waals surface area contributed by atoms with Crippen LogP contribution in [0.5, 0.6) is 0 Å². The fraction of sp³-hybridized carbons (Fsp3) is 0.833. The van der Waals surface area contributed by atoms with Crippen molar-refractivity contribution in [1.29, 1.82) is 0 Å². The summed E-state index contributed by atoms with van der Waals surface area (Å²) in [7, 11) is 0. The monoisotopic (exact) mass is 179 g/mol. The first kappa shape index (κ1) is 9.23. The number of rotatable bonds is 2. The molecule has 0 aromatic rings. The molecule has 0 saturated heterocycles. The fourth-order valence-electron chi connectivity index (χ4n) is 3.40. The summed E-state index contributed by atoms with van der Waals surface area (Å²) in [5, 5.41) is 0. The van der Waals surface area contributed by atoms with E-state index in [1.54, 1.807) is 5.92 Å². The van der Waals surface area contributed by atoms with E-state index in [-0.39, 0.29) is 11.3 Å². The van der Waals surface area contributed by atoms with Gasteiger partial charge >= 0.3 is 0 Å². The first-order chi connectivity index (χ1) is 6.11. The SMILES string of the molecule is CCC1CC2C[C]1C(C=O)C2(C)C. The quantitative estimate of drug-likeness (QED) is 0.596. The van der Waals surface area contributed by atoms with E-state index in [9.17, 15) is 4.79 Å². The number of hydrogen-bond donors (Lipinski definition) is 0. The molecular formula is C12H19O. The van der Waals surface area contributed by atoms with E-state index in [1.807, 2.05) is 0 Å². The van der Waals surface area contributed by atoms with E-state index >= 15 is 0 Å². The summed E-state index contributed by atoms with van der Waals surface area (Å²) < 4.78 is 0. The molecule has 2 fully saturated rings. The Bertz CT molecular complexity index is 219. The molecule has 2 rings (SSSR count). The van der Waals surface area contributed by atoms with Crippen molar-refractivity contribution in [3.8, 4) is 0 Å². The molecule has 0 N–H and O–H groups in total. The van der Waals surface area contributed by atoms with Crippen LogP contribution in [0.15, 0.2) is 0 Å². The zero-order valence-corrected chi connectivity index (χ0v) is 8.84. The van der Waals surface area contributed by atoms with Crippen LogP contribution in [0.25, 0.3) is 0 Å². The molecule has 3 unspecified atom stereocenters. The highest BCUT2D eigenvalue weighted by Crippen LogP contribution is 2.62. The van der Waals surface area contributed by atoms with Gasteiger partial charge in [0.15, 0.2) is 0 Å². The lowest BCUT2D eigenvalue weighted by atomic mass is 9.65. The van der Waals surface area contributed by atoms with E-state index in [0.717, 1.165) is 11.8 Å². The smallest absolute Gasteiger partial charge is 0.124 e. The third-order valence-electron chi connectivity index (χ3n) is 4.46. The van der Waals surface area contributed by atoms with Gasteiger partial charge in [-0.05, 0) is 36.0 Å². The molecule has 0 heterocycles. The lowest BCUT2D eigenvalue weighted by Gasteiger charge is -2.38. The Labute approximate surface area is 80.9 Å². The maximum absolute atomic E-state index is 11.1. The summed E-state index contributed by atoms with van der Waals surface area (Å²) in [4.78, 5) is 11.1. The van der Waals surface area contributed by atoms with Gasteiger partial charge in [-0.25, -0.2) is 0 Å². The summed E-state index contributed by atoms with van der Waals surface area (Å²) in [5.41, 5.74) is 0.253. The summed E-state index contributed by atoms with van der Waals surface area (Å²) in [6.07, 6.45) is 4.99. The molecule has 0 aromatic carbocycles. The van der Waals surface area contributed by atoms with Crippen molar-refractivity contribution >= 4 is 6.29 Å². The second-order valence-electron chi connectivity index (χ2n) is 5.25. The Kier molecular flexibility index (Phi) is 2.01. The number of carbonyl (C=O) groups excluding carboxylic acids is 1. The summed E-state index contributed by atoms with van der Waals surface area (Å²) in [5.74, 6) is 3.36. The molecular weight excluding hydrogens is 160 g/mol. The first-order valence-electron chi connectivity index (χ1n) is 5.42. The van der Waals surface area contributed by atoms with Crippen LogP contribution in [0.2, 0.25) is 0 Å². The fourth-order valence-corrected chi connectivity index (χ4v) is 3.40.